The van der Waals surface area contributed by atoms with E-state index in [1.54, 1.807) is 0 Å². The van der Waals surface area contributed by atoms with Crippen molar-refractivity contribution in [3.63, 3.8) is 0 Å². The van der Waals surface area contributed by atoms with E-state index in [1.807, 2.05) is 48.2 Å². The van der Waals surface area contributed by atoms with Gasteiger partial charge in [0.15, 0.2) is 0 Å². The first-order valence-electron chi connectivity index (χ1n) is 8.43. The summed E-state index contributed by atoms with van der Waals surface area (Å²) in [6.45, 7) is 3.55. The van der Waals surface area contributed by atoms with Crippen molar-refractivity contribution in [3.05, 3.63) is 77.5 Å². The second-order valence-corrected chi connectivity index (χ2v) is 6.48. The van der Waals surface area contributed by atoms with E-state index in [9.17, 15) is 4.79 Å². The number of rotatable bonds is 2. The second-order valence-electron chi connectivity index (χ2n) is 6.48. The number of carbonyl (C=O) groups is 1. The molecule has 1 aliphatic rings. The minimum Gasteiger partial charge on any atom is -0.338 e. The van der Waals surface area contributed by atoms with Gasteiger partial charge in [0.25, 0.3) is 5.91 Å². The van der Waals surface area contributed by atoms with E-state index >= 15 is 0 Å². The molecule has 1 saturated heterocycles. The fourth-order valence-corrected chi connectivity index (χ4v) is 3.60. The van der Waals surface area contributed by atoms with Crippen LogP contribution in [0.2, 0.25) is 0 Å². The van der Waals surface area contributed by atoms with Crippen molar-refractivity contribution in [1.82, 2.24) is 9.88 Å². The van der Waals surface area contributed by atoms with Gasteiger partial charge in [-0.2, -0.15) is 0 Å². The number of likely N-dealkylation sites (tertiary alicyclic amines) is 1. The van der Waals surface area contributed by atoms with Crippen LogP contribution in [0.5, 0.6) is 0 Å². The van der Waals surface area contributed by atoms with Gasteiger partial charge >= 0.3 is 0 Å². The third kappa shape index (κ3) is 2.67. The van der Waals surface area contributed by atoms with Crippen LogP contribution in [-0.2, 0) is 0 Å². The predicted octanol–water partition coefficient (Wildman–Crippen LogP) is 4.17. The van der Waals surface area contributed by atoms with Crippen LogP contribution in [0, 0.1) is 6.92 Å². The van der Waals surface area contributed by atoms with Gasteiger partial charge in [-0.05, 0) is 31.0 Å². The molecule has 1 aliphatic heterocycles. The van der Waals surface area contributed by atoms with E-state index in [-0.39, 0.29) is 5.91 Å². The highest BCUT2D eigenvalue weighted by atomic mass is 16.2. The van der Waals surface area contributed by atoms with Crippen LogP contribution in [0.15, 0.2) is 60.7 Å². The lowest BCUT2D eigenvalue weighted by atomic mass is 9.99. The first-order chi connectivity index (χ1) is 11.7. The molecule has 120 valence electrons. The van der Waals surface area contributed by atoms with Gasteiger partial charge in [-0.15, -0.1) is 0 Å². The van der Waals surface area contributed by atoms with Gasteiger partial charge in [0.1, 0.15) is 0 Å². The minimum absolute atomic E-state index is 0.120. The summed E-state index contributed by atoms with van der Waals surface area (Å²) in [5.74, 6) is 0.555. The van der Waals surface area contributed by atoms with Gasteiger partial charge in [0, 0.05) is 30.1 Å². The van der Waals surface area contributed by atoms with E-state index in [2.05, 4.69) is 29.2 Å². The monoisotopic (exact) mass is 316 g/mol. The Labute approximate surface area is 141 Å². The number of aryl methyl sites for hydroxylation is 1. The maximum atomic E-state index is 13.1. The zero-order valence-corrected chi connectivity index (χ0v) is 13.8. The van der Waals surface area contributed by atoms with Crippen LogP contribution in [0.1, 0.15) is 34.0 Å². The Morgan fingerprint density at radius 1 is 1.08 bits per heavy atom. The van der Waals surface area contributed by atoms with Crippen molar-refractivity contribution < 1.29 is 4.79 Å². The van der Waals surface area contributed by atoms with Crippen LogP contribution in [0.4, 0.5) is 0 Å². The van der Waals surface area contributed by atoms with Gasteiger partial charge in [-0.1, -0.05) is 48.5 Å². The number of fused-ring (bicyclic) bond motifs is 1. The topological polar surface area (TPSA) is 33.2 Å². The van der Waals surface area contributed by atoms with Crippen LogP contribution in [-0.4, -0.2) is 28.9 Å². The molecule has 1 aromatic heterocycles. The number of carbonyl (C=O) groups excluding carboxylic acids is 1. The number of pyridine rings is 1. The highest BCUT2D eigenvalue weighted by Gasteiger charge is 2.28. The molecule has 1 fully saturated rings. The number of amides is 1. The van der Waals surface area contributed by atoms with E-state index in [4.69, 9.17) is 0 Å². The number of hydrogen-bond donors (Lipinski definition) is 0. The van der Waals surface area contributed by atoms with Crippen LogP contribution in [0.25, 0.3) is 10.9 Å². The highest BCUT2D eigenvalue weighted by Crippen LogP contribution is 2.29. The third-order valence-electron chi connectivity index (χ3n) is 4.82. The molecule has 0 radical (unpaired) electrons. The molecular weight excluding hydrogens is 296 g/mol. The average Bonchev–Trinajstić information content (AvgIpc) is 3.11. The molecule has 0 spiro atoms. The fraction of sp³-hybridized carbons (Fsp3) is 0.238. The zero-order chi connectivity index (χ0) is 16.5. The second kappa shape index (κ2) is 6.08. The maximum absolute atomic E-state index is 13.1. The number of benzene rings is 2. The van der Waals surface area contributed by atoms with Gasteiger partial charge < -0.3 is 4.90 Å². The number of para-hydroxylation sites is 1. The number of hydrogen-bond acceptors (Lipinski definition) is 2. The molecule has 3 aromatic rings. The van der Waals surface area contributed by atoms with E-state index in [1.165, 1.54) is 5.56 Å². The van der Waals surface area contributed by atoms with Gasteiger partial charge in [-0.3, -0.25) is 9.78 Å². The SMILES string of the molecule is Cc1cc(C(=O)N2CC[C@H](c3ccccc3)C2)c2ccccc2n1. The molecule has 3 heteroatoms. The first kappa shape index (κ1) is 14.9. The highest BCUT2D eigenvalue weighted by molar-refractivity contribution is 6.06. The standard InChI is InChI=1S/C21H20N2O/c1-15-13-19(18-9-5-6-10-20(18)22-15)21(24)23-12-11-17(14-23)16-7-3-2-4-8-16/h2-10,13,17H,11-12,14H2,1H3/t17-/m0/s1. The lowest BCUT2D eigenvalue weighted by Gasteiger charge is -2.18. The minimum atomic E-state index is 0.120. The Balaban J connectivity index is 1.63. The predicted molar refractivity (Wildman–Crippen MR) is 96.2 cm³/mol. The Morgan fingerprint density at radius 2 is 1.83 bits per heavy atom. The molecule has 2 heterocycles. The van der Waals surface area contributed by atoms with E-state index in [0.717, 1.165) is 41.7 Å². The Kier molecular flexibility index (Phi) is 3.77. The molecule has 1 atom stereocenters. The molecule has 24 heavy (non-hydrogen) atoms. The van der Waals surface area contributed by atoms with Crippen molar-refractivity contribution in [3.8, 4) is 0 Å². The summed E-state index contributed by atoms with van der Waals surface area (Å²) in [5, 5.41) is 0.941. The lowest BCUT2D eigenvalue weighted by molar-refractivity contribution is 0.0792. The largest absolute Gasteiger partial charge is 0.338 e. The van der Waals surface area contributed by atoms with Crippen molar-refractivity contribution in [2.24, 2.45) is 0 Å². The average molecular weight is 316 g/mol. The first-order valence-corrected chi connectivity index (χ1v) is 8.43. The molecule has 0 aliphatic carbocycles. The molecule has 2 aromatic carbocycles. The molecular formula is C21H20N2O. The van der Waals surface area contributed by atoms with Crippen molar-refractivity contribution in [2.45, 2.75) is 19.3 Å². The normalized spacial score (nSPS) is 17.4. The fourth-order valence-electron chi connectivity index (χ4n) is 3.60. The molecule has 0 N–H and O–H groups in total. The summed E-state index contributed by atoms with van der Waals surface area (Å²) in [6, 6.07) is 20.3. The Morgan fingerprint density at radius 3 is 2.67 bits per heavy atom. The van der Waals surface area contributed by atoms with E-state index < -0.39 is 0 Å². The van der Waals surface area contributed by atoms with Gasteiger partial charge in [0.2, 0.25) is 0 Å². The molecule has 0 bridgehead atoms. The summed E-state index contributed by atoms with van der Waals surface area (Å²) >= 11 is 0. The smallest absolute Gasteiger partial charge is 0.254 e. The van der Waals surface area contributed by atoms with Gasteiger partial charge in [0.05, 0.1) is 11.1 Å². The van der Waals surface area contributed by atoms with Crippen LogP contribution >= 0.6 is 0 Å². The van der Waals surface area contributed by atoms with Gasteiger partial charge in [-0.25, -0.2) is 0 Å². The van der Waals surface area contributed by atoms with Crippen LogP contribution < -0.4 is 0 Å². The molecule has 4 rings (SSSR count). The third-order valence-corrected chi connectivity index (χ3v) is 4.82. The summed E-state index contributed by atoms with van der Waals surface area (Å²) < 4.78 is 0. The summed E-state index contributed by atoms with van der Waals surface area (Å²) in [5.41, 5.74) is 3.87. The molecule has 3 nitrogen and oxygen atoms in total. The molecule has 1 amide bonds. The summed E-state index contributed by atoms with van der Waals surface area (Å²) in [6.07, 6.45) is 1.03. The molecule has 0 unspecified atom stereocenters. The lowest BCUT2D eigenvalue weighted by Crippen LogP contribution is -2.28. The number of aromatic nitrogens is 1. The van der Waals surface area contributed by atoms with E-state index in [0.29, 0.717) is 5.92 Å². The number of nitrogens with zero attached hydrogens (tertiary/aromatic N) is 2. The summed E-state index contributed by atoms with van der Waals surface area (Å²) in [7, 11) is 0. The zero-order valence-electron chi connectivity index (χ0n) is 13.8. The Bertz CT molecular complexity index is 889. The van der Waals surface area contributed by atoms with Crippen molar-refractivity contribution >= 4 is 16.8 Å². The molecule has 0 saturated carbocycles. The Hall–Kier alpha value is -2.68. The summed E-state index contributed by atoms with van der Waals surface area (Å²) in [4.78, 5) is 19.6. The van der Waals surface area contributed by atoms with Crippen LogP contribution in [0.3, 0.4) is 0 Å². The van der Waals surface area contributed by atoms with Crippen molar-refractivity contribution in [2.75, 3.05) is 13.1 Å². The quantitative estimate of drug-likeness (QED) is 0.711. The maximum Gasteiger partial charge on any atom is 0.254 e. The van der Waals surface area contributed by atoms with Crippen molar-refractivity contribution in [1.29, 1.82) is 0 Å².